The van der Waals surface area contributed by atoms with Gasteiger partial charge in [0.2, 0.25) is 5.91 Å². The van der Waals surface area contributed by atoms with E-state index in [4.69, 9.17) is 16.7 Å². The number of carboxylic acid groups (broad SMARTS) is 1. The Morgan fingerprint density at radius 3 is 2.38 bits per heavy atom. The van der Waals surface area contributed by atoms with Gasteiger partial charge in [-0.3, -0.25) is 9.59 Å². The summed E-state index contributed by atoms with van der Waals surface area (Å²) in [7, 11) is 0. The van der Waals surface area contributed by atoms with Crippen molar-refractivity contribution in [2.45, 2.75) is 32.6 Å². The fourth-order valence-electron chi connectivity index (χ4n) is 2.58. The van der Waals surface area contributed by atoms with Gasteiger partial charge in [0.15, 0.2) is 0 Å². The van der Waals surface area contributed by atoms with Gasteiger partial charge in [-0.1, -0.05) is 11.6 Å². The molecule has 0 atom stereocenters. The zero-order chi connectivity index (χ0) is 15.6. The van der Waals surface area contributed by atoms with Crippen LogP contribution in [0.15, 0.2) is 16.6 Å². The molecule has 2 N–H and O–H groups in total. The van der Waals surface area contributed by atoms with Gasteiger partial charge in [0, 0.05) is 15.4 Å². The van der Waals surface area contributed by atoms with Crippen LogP contribution in [-0.4, -0.2) is 17.0 Å². The number of benzene rings is 1. The normalized spacial score (nSPS) is 21.9. The van der Waals surface area contributed by atoms with E-state index in [1.54, 1.807) is 6.07 Å². The summed E-state index contributed by atoms with van der Waals surface area (Å²) in [6.07, 6.45) is 2.34. The molecule has 114 valence electrons. The molecule has 0 heterocycles. The minimum absolute atomic E-state index is 0.0699. The van der Waals surface area contributed by atoms with Crippen LogP contribution in [0.2, 0.25) is 5.02 Å². The van der Waals surface area contributed by atoms with Crippen molar-refractivity contribution >= 4 is 45.1 Å². The molecular weight excluding hydrogens is 358 g/mol. The molecule has 1 aromatic rings. The summed E-state index contributed by atoms with van der Waals surface area (Å²) in [5.41, 5.74) is 1.58. The Hall–Kier alpha value is -1.07. The number of rotatable bonds is 3. The Morgan fingerprint density at radius 2 is 1.81 bits per heavy atom. The molecule has 1 saturated carbocycles. The first-order valence-corrected chi connectivity index (χ1v) is 8.05. The predicted molar refractivity (Wildman–Crippen MR) is 85.6 cm³/mol. The molecule has 0 aromatic heterocycles. The average Bonchev–Trinajstić information content (AvgIpc) is 2.44. The number of nitrogens with one attached hydrogen (secondary N) is 1. The number of hydrogen-bond donors (Lipinski definition) is 2. The van der Waals surface area contributed by atoms with Gasteiger partial charge in [-0.25, -0.2) is 0 Å². The SMILES string of the molecule is Cc1cc(Br)c(NC(=O)C2CCC(C(=O)O)CC2)cc1Cl. The quantitative estimate of drug-likeness (QED) is 0.831. The number of aryl methyl sites for hydroxylation is 1. The number of amides is 1. The highest BCUT2D eigenvalue weighted by molar-refractivity contribution is 9.10. The van der Waals surface area contributed by atoms with Crippen molar-refractivity contribution in [2.24, 2.45) is 11.8 Å². The molecule has 0 spiro atoms. The summed E-state index contributed by atoms with van der Waals surface area (Å²) >= 11 is 9.48. The molecule has 1 amide bonds. The highest BCUT2D eigenvalue weighted by Gasteiger charge is 2.29. The number of carboxylic acids is 1. The van der Waals surface area contributed by atoms with Gasteiger partial charge in [0.1, 0.15) is 0 Å². The molecule has 4 nitrogen and oxygen atoms in total. The minimum Gasteiger partial charge on any atom is -0.481 e. The summed E-state index contributed by atoms with van der Waals surface area (Å²) in [5, 5.41) is 12.4. The van der Waals surface area contributed by atoms with Crippen LogP contribution in [0.25, 0.3) is 0 Å². The lowest BCUT2D eigenvalue weighted by molar-refractivity contribution is -0.143. The van der Waals surface area contributed by atoms with Gasteiger partial charge < -0.3 is 10.4 Å². The molecular formula is C15H17BrClNO3. The second kappa shape index (κ2) is 6.79. The maximum atomic E-state index is 12.3. The number of halogens is 2. The molecule has 1 aliphatic carbocycles. The lowest BCUT2D eigenvalue weighted by Crippen LogP contribution is -2.29. The van der Waals surface area contributed by atoms with Crippen LogP contribution in [-0.2, 0) is 9.59 Å². The third-order valence-electron chi connectivity index (χ3n) is 3.95. The fourth-order valence-corrected chi connectivity index (χ4v) is 3.30. The molecule has 1 fully saturated rings. The van der Waals surface area contributed by atoms with Crippen molar-refractivity contribution in [1.82, 2.24) is 0 Å². The van der Waals surface area contributed by atoms with Gasteiger partial charge in [-0.15, -0.1) is 0 Å². The summed E-state index contributed by atoms with van der Waals surface area (Å²) in [6.45, 7) is 1.89. The number of carbonyl (C=O) groups excluding carboxylic acids is 1. The molecule has 0 radical (unpaired) electrons. The van der Waals surface area contributed by atoms with E-state index in [2.05, 4.69) is 21.2 Å². The van der Waals surface area contributed by atoms with E-state index >= 15 is 0 Å². The highest BCUT2D eigenvalue weighted by Crippen LogP contribution is 2.32. The van der Waals surface area contributed by atoms with Crippen molar-refractivity contribution in [3.05, 3.63) is 27.2 Å². The first-order chi connectivity index (χ1) is 9.88. The van der Waals surface area contributed by atoms with Gasteiger partial charge in [-0.2, -0.15) is 0 Å². The monoisotopic (exact) mass is 373 g/mol. The summed E-state index contributed by atoms with van der Waals surface area (Å²) in [6, 6.07) is 3.58. The van der Waals surface area contributed by atoms with Gasteiger partial charge in [-0.05, 0) is 66.2 Å². The second-order valence-electron chi connectivity index (χ2n) is 5.46. The molecule has 21 heavy (non-hydrogen) atoms. The number of carbonyl (C=O) groups is 2. The van der Waals surface area contributed by atoms with Crippen molar-refractivity contribution in [3.8, 4) is 0 Å². The molecule has 0 bridgehead atoms. The molecule has 0 unspecified atom stereocenters. The van der Waals surface area contributed by atoms with Crippen LogP contribution in [0.3, 0.4) is 0 Å². The van der Waals surface area contributed by atoms with Gasteiger partial charge >= 0.3 is 5.97 Å². The summed E-state index contributed by atoms with van der Waals surface area (Å²) in [5.74, 6) is -1.27. The number of hydrogen-bond acceptors (Lipinski definition) is 2. The molecule has 0 aliphatic heterocycles. The maximum Gasteiger partial charge on any atom is 0.306 e. The molecule has 0 saturated heterocycles. The molecule has 6 heteroatoms. The Labute approximate surface area is 137 Å². The Kier molecular flexibility index (Phi) is 5.27. The maximum absolute atomic E-state index is 12.3. The van der Waals surface area contributed by atoms with Crippen LogP contribution in [0.5, 0.6) is 0 Å². The van der Waals surface area contributed by atoms with E-state index in [0.29, 0.717) is 36.4 Å². The highest BCUT2D eigenvalue weighted by atomic mass is 79.9. The third-order valence-corrected chi connectivity index (χ3v) is 5.02. The Balaban J connectivity index is 2.00. The zero-order valence-corrected chi connectivity index (χ0v) is 14.0. The molecule has 2 rings (SSSR count). The lowest BCUT2D eigenvalue weighted by atomic mass is 9.81. The Bertz CT molecular complexity index is 568. The Morgan fingerprint density at radius 1 is 1.24 bits per heavy atom. The summed E-state index contributed by atoms with van der Waals surface area (Å²) in [4.78, 5) is 23.2. The molecule has 1 aliphatic rings. The third kappa shape index (κ3) is 3.98. The van der Waals surface area contributed by atoms with Crippen LogP contribution in [0.4, 0.5) is 5.69 Å². The van der Waals surface area contributed by atoms with Gasteiger partial charge in [0.25, 0.3) is 0 Å². The van der Waals surface area contributed by atoms with E-state index in [0.717, 1.165) is 10.0 Å². The van der Waals surface area contributed by atoms with E-state index in [1.807, 2.05) is 13.0 Å². The van der Waals surface area contributed by atoms with Gasteiger partial charge in [0.05, 0.1) is 11.6 Å². The van der Waals surface area contributed by atoms with E-state index in [1.165, 1.54) is 0 Å². The minimum atomic E-state index is -0.762. The van der Waals surface area contributed by atoms with Crippen molar-refractivity contribution < 1.29 is 14.7 Å². The molecule has 1 aromatic carbocycles. The van der Waals surface area contributed by atoms with Crippen molar-refractivity contribution in [3.63, 3.8) is 0 Å². The first kappa shape index (κ1) is 16.3. The number of aliphatic carboxylic acids is 1. The van der Waals surface area contributed by atoms with Crippen LogP contribution < -0.4 is 5.32 Å². The second-order valence-corrected chi connectivity index (χ2v) is 6.72. The van der Waals surface area contributed by atoms with E-state index in [9.17, 15) is 9.59 Å². The topological polar surface area (TPSA) is 66.4 Å². The largest absolute Gasteiger partial charge is 0.481 e. The van der Waals surface area contributed by atoms with E-state index < -0.39 is 5.97 Å². The van der Waals surface area contributed by atoms with Crippen molar-refractivity contribution in [1.29, 1.82) is 0 Å². The first-order valence-electron chi connectivity index (χ1n) is 6.87. The van der Waals surface area contributed by atoms with Crippen LogP contribution in [0, 0.1) is 18.8 Å². The van der Waals surface area contributed by atoms with Crippen LogP contribution in [0.1, 0.15) is 31.2 Å². The van der Waals surface area contributed by atoms with E-state index in [-0.39, 0.29) is 17.7 Å². The lowest BCUT2D eigenvalue weighted by Gasteiger charge is -2.25. The number of anilines is 1. The van der Waals surface area contributed by atoms with Crippen LogP contribution >= 0.6 is 27.5 Å². The standard InChI is InChI=1S/C15H17BrClNO3/c1-8-6-11(16)13(7-12(8)17)18-14(19)9-2-4-10(5-3-9)15(20)21/h6-7,9-10H,2-5H2,1H3,(H,18,19)(H,20,21). The average molecular weight is 375 g/mol. The smallest absolute Gasteiger partial charge is 0.306 e. The predicted octanol–water partition coefficient (Wildman–Crippen LogP) is 4.24. The zero-order valence-electron chi connectivity index (χ0n) is 11.7. The van der Waals surface area contributed by atoms with Crippen molar-refractivity contribution in [2.75, 3.05) is 5.32 Å². The summed E-state index contributed by atoms with van der Waals surface area (Å²) < 4.78 is 0.789. The fraction of sp³-hybridized carbons (Fsp3) is 0.467.